The zero-order chi connectivity index (χ0) is 13.7. The molecule has 1 aromatic carbocycles. The first-order chi connectivity index (χ1) is 9.15. The van der Waals surface area contributed by atoms with Crippen molar-refractivity contribution in [3.8, 4) is 0 Å². The lowest BCUT2D eigenvalue weighted by molar-refractivity contribution is 0.245. The van der Waals surface area contributed by atoms with E-state index in [-0.39, 0.29) is 18.1 Å². The number of nitrogens with two attached hydrogens (primary N) is 1. The van der Waals surface area contributed by atoms with Gasteiger partial charge in [-0.25, -0.2) is 4.79 Å². The van der Waals surface area contributed by atoms with E-state index < -0.39 is 0 Å². The quantitative estimate of drug-likeness (QED) is 0.717. The van der Waals surface area contributed by atoms with Crippen LogP contribution in [0, 0.1) is 6.92 Å². The molecule has 0 aromatic heterocycles. The molecule has 0 aliphatic heterocycles. The molecule has 0 saturated heterocycles. The molecule has 2 atom stereocenters. The van der Waals surface area contributed by atoms with Gasteiger partial charge in [-0.2, -0.15) is 0 Å². The lowest BCUT2D eigenvalue weighted by Gasteiger charge is -2.22. The van der Waals surface area contributed by atoms with E-state index >= 15 is 0 Å². The highest BCUT2D eigenvalue weighted by Crippen LogP contribution is 2.17. The summed E-state index contributed by atoms with van der Waals surface area (Å²) in [6.45, 7) is 2.02. The molecule has 104 valence electrons. The van der Waals surface area contributed by atoms with Crippen LogP contribution in [0.5, 0.6) is 0 Å². The van der Waals surface area contributed by atoms with Gasteiger partial charge in [0.25, 0.3) is 0 Å². The van der Waals surface area contributed by atoms with E-state index in [9.17, 15) is 4.79 Å². The highest BCUT2D eigenvalue weighted by molar-refractivity contribution is 5.89. The summed E-state index contributed by atoms with van der Waals surface area (Å²) >= 11 is 0. The molecular formula is C15H23N3O. The Morgan fingerprint density at radius 2 is 1.84 bits per heavy atom. The van der Waals surface area contributed by atoms with Gasteiger partial charge in [0, 0.05) is 17.8 Å². The van der Waals surface area contributed by atoms with E-state index in [0.29, 0.717) is 0 Å². The molecule has 0 bridgehead atoms. The average molecular weight is 261 g/mol. The number of aryl methyl sites for hydroxylation is 1. The maximum Gasteiger partial charge on any atom is 0.319 e. The molecule has 0 heterocycles. The smallest absolute Gasteiger partial charge is 0.319 e. The van der Waals surface area contributed by atoms with E-state index in [1.54, 1.807) is 0 Å². The van der Waals surface area contributed by atoms with Crippen molar-refractivity contribution >= 4 is 11.7 Å². The third-order valence-electron chi connectivity index (χ3n) is 3.70. The van der Waals surface area contributed by atoms with Crippen LogP contribution >= 0.6 is 0 Å². The van der Waals surface area contributed by atoms with Crippen molar-refractivity contribution in [1.82, 2.24) is 5.32 Å². The maximum absolute atomic E-state index is 11.9. The van der Waals surface area contributed by atoms with Gasteiger partial charge in [-0.15, -0.1) is 0 Å². The van der Waals surface area contributed by atoms with E-state index in [0.717, 1.165) is 24.9 Å². The second-order valence-electron chi connectivity index (χ2n) is 5.37. The number of hydrogen-bond acceptors (Lipinski definition) is 2. The van der Waals surface area contributed by atoms with Crippen molar-refractivity contribution in [3.05, 3.63) is 29.8 Å². The Labute approximate surface area is 114 Å². The van der Waals surface area contributed by atoms with Gasteiger partial charge >= 0.3 is 6.03 Å². The number of nitrogens with one attached hydrogen (secondary N) is 2. The molecular weight excluding hydrogens is 238 g/mol. The molecule has 1 saturated carbocycles. The van der Waals surface area contributed by atoms with Gasteiger partial charge in [-0.1, -0.05) is 37.0 Å². The van der Waals surface area contributed by atoms with Gasteiger partial charge < -0.3 is 16.4 Å². The predicted octanol–water partition coefficient (Wildman–Crippen LogP) is 2.78. The summed E-state index contributed by atoms with van der Waals surface area (Å²) in [5, 5.41) is 5.85. The zero-order valence-corrected chi connectivity index (χ0v) is 11.5. The van der Waals surface area contributed by atoms with Crippen LogP contribution in [0.3, 0.4) is 0 Å². The summed E-state index contributed by atoms with van der Waals surface area (Å²) in [4.78, 5) is 11.9. The first-order valence-electron chi connectivity index (χ1n) is 7.05. The Morgan fingerprint density at radius 3 is 2.58 bits per heavy atom. The first-order valence-corrected chi connectivity index (χ1v) is 7.05. The highest BCUT2D eigenvalue weighted by Gasteiger charge is 2.21. The minimum atomic E-state index is -0.161. The largest absolute Gasteiger partial charge is 0.334 e. The molecule has 0 spiro atoms. The van der Waals surface area contributed by atoms with Crippen molar-refractivity contribution < 1.29 is 4.79 Å². The summed E-state index contributed by atoms with van der Waals surface area (Å²) in [5.41, 5.74) is 8.09. The average Bonchev–Trinajstić information content (AvgIpc) is 2.58. The summed E-state index contributed by atoms with van der Waals surface area (Å²) in [5.74, 6) is 0. The fourth-order valence-electron chi connectivity index (χ4n) is 2.49. The molecule has 4 heteroatoms. The van der Waals surface area contributed by atoms with Crippen LogP contribution in [-0.2, 0) is 0 Å². The fraction of sp³-hybridized carbons (Fsp3) is 0.533. The van der Waals surface area contributed by atoms with Crippen molar-refractivity contribution in [3.63, 3.8) is 0 Å². The van der Waals surface area contributed by atoms with Gasteiger partial charge in [0.2, 0.25) is 0 Å². The van der Waals surface area contributed by atoms with Crippen LogP contribution in [0.1, 0.15) is 37.7 Å². The number of hydrogen-bond donors (Lipinski definition) is 3. The highest BCUT2D eigenvalue weighted by atomic mass is 16.2. The van der Waals surface area contributed by atoms with E-state index in [1.165, 1.54) is 18.4 Å². The topological polar surface area (TPSA) is 67.2 Å². The van der Waals surface area contributed by atoms with Gasteiger partial charge in [0.1, 0.15) is 0 Å². The molecule has 1 aromatic rings. The Bertz CT molecular complexity index is 416. The second-order valence-corrected chi connectivity index (χ2v) is 5.37. The molecule has 1 aliphatic carbocycles. The van der Waals surface area contributed by atoms with Gasteiger partial charge in [0.05, 0.1) is 0 Å². The fourth-order valence-corrected chi connectivity index (χ4v) is 2.49. The van der Waals surface area contributed by atoms with Crippen molar-refractivity contribution in [2.75, 3.05) is 5.32 Å². The molecule has 0 radical (unpaired) electrons. The van der Waals surface area contributed by atoms with Gasteiger partial charge in [-0.3, -0.25) is 0 Å². The molecule has 4 nitrogen and oxygen atoms in total. The lowest BCUT2D eigenvalue weighted by atomic mass is 10.0. The third-order valence-corrected chi connectivity index (χ3v) is 3.70. The Kier molecular flexibility index (Phi) is 4.80. The van der Waals surface area contributed by atoms with E-state index in [2.05, 4.69) is 10.6 Å². The van der Waals surface area contributed by atoms with Crippen LogP contribution in [0.15, 0.2) is 24.3 Å². The first kappa shape index (κ1) is 13.9. The third kappa shape index (κ3) is 4.24. The minimum absolute atomic E-state index is 0.0752. The SMILES string of the molecule is Cc1ccc(NC(=O)NC2CCCCCC2N)cc1. The van der Waals surface area contributed by atoms with Crippen molar-refractivity contribution in [1.29, 1.82) is 0 Å². The lowest BCUT2D eigenvalue weighted by Crippen LogP contribution is -2.48. The van der Waals surface area contributed by atoms with E-state index in [1.807, 2.05) is 31.2 Å². The van der Waals surface area contributed by atoms with Gasteiger partial charge in [0.15, 0.2) is 0 Å². The van der Waals surface area contributed by atoms with Crippen LogP contribution in [0.25, 0.3) is 0 Å². The molecule has 2 rings (SSSR count). The van der Waals surface area contributed by atoms with E-state index in [4.69, 9.17) is 5.73 Å². The Hall–Kier alpha value is -1.55. The molecule has 1 aliphatic rings. The predicted molar refractivity (Wildman–Crippen MR) is 78.2 cm³/mol. The number of amides is 2. The molecule has 2 unspecified atom stereocenters. The monoisotopic (exact) mass is 261 g/mol. The second kappa shape index (κ2) is 6.57. The summed E-state index contributed by atoms with van der Waals surface area (Å²) < 4.78 is 0. The minimum Gasteiger partial charge on any atom is -0.334 e. The molecule has 1 fully saturated rings. The van der Waals surface area contributed by atoms with Crippen LogP contribution in [-0.4, -0.2) is 18.1 Å². The van der Waals surface area contributed by atoms with Crippen LogP contribution in [0.2, 0.25) is 0 Å². The number of carbonyl (C=O) groups is 1. The standard InChI is InChI=1S/C15H23N3O/c1-11-7-9-12(10-8-11)17-15(19)18-14-6-4-2-3-5-13(14)16/h7-10,13-14H,2-6,16H2,1H3,(H2,17,18,19). The maximum atomic E-state index is 11.9. The van der Waals surface area contributed by atoms with Crippen molar-refractivity contribution in [2.24, 2.45) is 5.73 Å². The van der Waals surface area contributed by atoms with Crippen LogP contribution in [0.4, 0.5) is 10.5 Å². The summed E-state index contributed by atoms with van der Waals surface area (Å²) in [6, 6.07) is 7.77. The normalized spacial score (nSPS) is 23.5. The number of carbonyl (C=O) groups excluding carboxylic acids is 1. The van der Waals surface area contributed by atoms with Gasteiger partial charge in [-0.05, 0) is 31.9 Å². The molecule has 4 N–H and O–H groups in total. The number of urea groups is 1. The molecule has 2 amide bonds. The zero-order valence-electron chi connectivity index (χ0n) is 11.5. The molecule has 19 heavy (non-hydrogen) atoms. The van der Waals surface area contributed by atoms with Crippen LogP contribution < -0.4 is 16.4 Å². The number of anilines is 1. The summed E-state index contributed by atoms with van der Waals surface area (Å²) in [6.07, 6.45) is 5.49. The summed E-state index contributed by atoms with van der Waals surface area (Å²) in [7, 11) is 0. The Morgan fingerprint density at radius 1 is 1.16 bits per heavy atom. The van der Waals surface area contributed by atoms with Crippen molar-refractivity contribution in [2.45, 2.75) is 51.1 Å². The number of rotatable bonds is 2. The number of benzene rings is 1. The Balaban J connectivity index is 1.87.